The zero-order valence-corrected chi connectivity index (χ0v) is 12.5. The summed E-state index contributed by atoms with van der Waals surface area (Å²) in [7, 11) is 0. The van der Waals surface area contributed by atoms with Crippen LogP contribution < -0.4 is 5.73 Å². The molecular formula is C16H25N3O. The third kappa shape index (κ3) is 3.58. The molecule has 1 heterocycles. The number of ether oxygens (including phenoxy) is 1. The maximum Gasteiger partial charge on any atom is 0.111 e. The highest BCUT2D eigenvalue weighted by Crippen LogP contribution is 2.17. The molecule has 4 nitrogen and oxygen atoms in total. The molecule has 0 saturated carbocycles. The molecule has 0 aliphatic carbocycles. The highest BCUT2D eigenvalue weighted by Gasteiger charge is 2.12. The van der Waals surface area contributed by atoms with Gasteiger partial charge in [0.15, 0.2) is 0 Å². The number of hydrogen-bond donors (Lipinski definition) is 1. The highest BCUT2D eigenvalue weighted by molar-refractivity contribution is 5.75. The van der Waals surface area contributed by atoms with Gasteiger partial charge in [0.2, 0.25) is 0 Å². The zero-order chi connectivity index (χ0) is 14.4. The number of benzene rings is 1. The predicted octanol–water partition coefficient (Wildman–Crippen LogP) is 2.74. The minimum absolute atomic E-state index is 0.151. The Morgan fingerprint density at radius 3 is 2.85 bits per heavy atom. The second-order valence-corrected chi connectivity index (χ2v) is 5.06. The number of hydrogen-bond acceptors (Lipinski definition) is 3. The second kappa shape index (κ2) is 7.41. The molecule has 0 aliphatic rings. The van der Waals surface area contributed by atoms with E-state index in [1.54, 1.807) is 0 Å². The molecule has 0 aliphatic heterocycles. The summed E-state index contributed by atoms with van der Waals surface area (Å²) in [5, 5.41) is 0. The molecular weight excluding hydrogens is 250 g/mol. The van der Waals surface area contributed by atoms with Gasteiger partial charge in [0, 0.05) is 32.2 Å². The Kier molecular flexibility index (Phi) is 5.56. The Morgan fingerprint density at radius 2 is 2.10 bits per heavy atom. The fraction of sp³-hybridized carbons (Fsp3) is 0.562. The summed E-state index contributed by atoms with van der Waals surface area (Å²) in [6.45, 7) is 6.68. The third-order valence-electron chi connectivity index (χ3n) is 3.56. The number of nitrogens with zero attached hydrogens (tertiary/aromatic N) is 2. The first kappa shape index (κ1) is 15.0. The zero-order valence-electron chi connectivity index (χ0n) is 12.5. The van der Waals surface area contributed by atoms with Crippen molar-refractivity contribution in [1.82, 2.24) is 9.55 Å². The summed E-state index contributed by atoms with van der Waals surface area (Å²) < 4.78 is 7.61. The Labute approximate surface area is 120 Å². The van der Waals surface area contributed by atoms with Crippen LogP contribution in [0.5, 0.6) is 0 Å². The first-order chi connectivity index (χ1) is 9.76. The van der Waals surface area contributed by atoms with Gasteiger partial charge < -0.3 is 15.0 Å². The number of aromatic nitrogens is 2. The van der Waals surface area contributed by atoms with E-state index in [4.69, 9.17) is 15.5 Å². The fourth-order valence-corrected chi connectivity index (χ4v) is 2.56. The highest BCUT2D eigenvalue weighted by atomic mass is 16.5. The van der Waals surface area contributed by atoms with Crippen LogP contribution in [-0.2, 0) is 17.7 Å². The van der Waals surface area contributed by atoms with Crippen molar-refractivity contribution in [2.75, 3.05) is 13.2 Å². The SMILES string of the molecule is CCOCCCC(N)Cc1nc2ccccc2n1CC. The normalized spacial score (nSPS) is 12.9. The van der Waals surface area contributed by atoms with Crippen LogP contribution in [0.1, 0.15) is 32.5 Å². The quantitative estimate of drug-likeness (QED) is 0.754. The van der Waals surface area contributed by atoms with Crippen molar-refractivity contribution in [3.05, 3.63) is 30.1 Å². The molecule has 0 saturated heterocycles. The third-order valence-corrected chi connectivity index (χ3v) is 3.56. The summed E-state index contributed by atoms with van der Waals surface area (Å²) in [4.78, 5) is 4.72. The van der Waals surface area contributed by atoms with E-state index in [9.17, 15) is 0 Å². The van der Waals surface area contributed by atoms with Gasteiger partial charge in [-0.05, 0) is 38.8 Å². The number of rotatable bonds is 8. The van der Waals surface area contributed by atoms with Gasteiger partial charge >= 0.3 is 0 Å². The van der Waals surface area contributed by atoms with Crippen LogP contribution >= 0.6 is 0 Å². The van der Waals surface area contributed by atoms with Crippen molar-refractivity contribution >= 4 is 11.0 Å². The molecule has 0 fully saturated rings. The van der Waals surface area contributed by atoms with Crippen LogP contribution in [0, 0.1) is 0 Å². The van der Waals surface area contributed by atoms with Gasteiger partial charge in [-0.1, -0.05) is 12.1 Å². The number of para-hydroxylation sites is 2. The summed E-state index contributed by atoms with van der Waals surface area (Å²) in [6, 6.07) is 8.42. The second-order valence-electron chi connectivity index (χ2n) is 5.06. The van der Waals surface area contributed by atoms with E-state index in [1.807, 2.05) is 13.0 Å². The molecule has 1 unspecified atom stereocenters. The van der Waals surface area contributed by atoms with E-state index in [1.165, 1.54) is 5.52 Å². The van der Waals surface area contributed by atoms with E-state index < -0.39 is 0 Å². The van der Waals surface area contributed by atoms with Crippen LogP contribution in [0.4, 0.5) is 0 Å². The van der Waals surface area contributed by atoms with Gasteiger partial charge in [-0.2, -0.15) is 0 Å². The smallest absolute Gasteiger partial charge is 0.111 e. The maximum absolute atomic E-state index is 6.22. The fourth-order valence-electron chi connectivity index (χ4n) is 2.56. The molecule has 0 amide bonds. The molecule has 1 aromatic carbocycles. The number of nitrogens with two attached hydrogens (primary N) is 1. The van der Waals surface area contributed by atoms with Gasteiger partial charge in [-0.25, -0.2) is 4.98 Å². The summed E-state index contributed by atoms with van der Waals surface area (Å²) in [5.41, 5.74) is 8.49. The average molecular weight is 275 g/mol. The molecule has 110 valence electrons. The van der Waals surface area contributed by atoms with Crippen molar-refractivity contribution in [2.24, 2.45) is 5.73 Å². The van der Waals surface area contributed by atoms with Crippen LogP contribution in [0.25, 0.3) is 11.0 Å². The van der Waals surface area contributed by atoms with Crippen LogP contribution in [0.2, 0.25) is 0 Å². The molecule has 0 bridgehead atoms. The summed E-state index contributed by atoms with van der Waals surface area (Å²) >= 11 is 0. The van der Waals surface area contributed by atoms with E-state index in [2.05, 4.69) is 29.7 Å². The number of aryl methyl sites for hydroxylation is 1. The van der Waals surface area contributed by atoms with Gasteiger partial charge in [0.05, 0.1) is 11.0 Å². The number of fused-ring (bicyclic) bond motifs is 1. The molecule has 1 aromatic heterocycles. The monoisotopic (exact) mass is 275 g/mol. The van der Waals surface area contributed by atoms with Crippen molar-refractivity contribution in [3.8, 4) is 0 Å². The van der Waals surface area contributed by atoms with Crippen LogP contribution in [0.3, 0.4) is 0 Å². The number of imidazole rings is 1. The summed E-state index contributed by atoms with van der Waals surface area (Å²) in [6.07, 6.45) is 2.82. The lowest BCUT2D eigenvalue weighted by molar-refractivity contribution is 0.142. The molecule has 1 atom stereocenters. The van der Waals surface area contributed by atoms with E-state index >= 15 is 0 Å². The van der Waals surface area contributed by atoms with E-state index in [-0.39, 0.29) is 6.04 Å². The van der Waals surface area contributed by atoms with Gasteiger partial charge in [-0.15, -0.1) is 0 Å². The molecule has 2 rings (SSSR count). The van der Waals surface area contributed by atoms with Crippen LogP contribution in [-0.4, -0.2) is 28.8 Å². The average Bonchev–Trinajstić information content (AvgIpc) is 2.80. The maximum atomic E-state index is 6.22. The van der Waals surface area contributed by atoms with E-state index in [0.717, 1.165) is 50.4 Å². The van der Waals surface area contributed by atoms with Crippen molar-refractivity contribution < 1.29 is 4.74 Å². The van der Waals surface area contributed by atoms with Crippen molar-refractivity contribution in [1.29, 1.82) is 0 Å². The molecule has 20 heavy (non-hydrogen) atoms. The Bertz CT molecular complexity index is 536. The minimum Gasteiger partial charge on any atom is -0.382 e. The van der Waals surface area contributed by atoms with Crippen molar-refractivity contribution in [3.63, 3.8) is 0 Å². The molecule has 0 spiro atoms. The lowest BCUT2D eigenvalue weighted by Crippen LogP contribution is -2.25. The van der Waals surface area contributed by atoms with Crippen LogP contribution in [0.15, 0.2) is 24.3 Å². The Hall–Kier alpha value is -1.39. The van der Waals surface area contributed by atoms with Crippen molar-refractivity contribution in [2.45, 2.75) is 45.7 Å². The van der Waals surface area contributed by atoms with Gasteiger partial charge in [0.25, 0.3) is 0 Å². The predicted molar refractivity (Wildman–Crippen MR) is 82.8 cm³/mol. The first-order valence-electron chi connectivity index (χ1n) is 7.53. The molecule has 0 radical (unpaired) electrons. The standard InChI is InChI=1S/C16H25N3O/c1-3-19-15-10-6-5-9-14(15)18-16(19)12-13(17)8-7-11-20-4-2/h5-6,9-10,13H,3-4,7-8,11-12,17H2,1-2H3. The molecule has 4 heteroatoms. The topological polar surface area (TPSA) is 53.1 Å². The molecule has 2 N–H and O–H groups in total. The lowest BCUT2D eigenvalue weighted by atomic mass is 10.1. The Balaban J connectivity index is 2.01. The molecule has 2 aromatic rings. The van der Waals surface area contributed by atoms with E-state index in [0.29, 0.717) is 0 Å². The van der Waals surface area contributed by atoms with Gasteiger partial charge in [-0.3, -0.25) is 0 Å². The first-order valence-corrected chi connectivity index (χ1v) is 7.53. The minimum atomic E-state index is 0.151. The van der Waals surface area contributed by atoms with Gasteiger partial charge in [0.1, 0.15) is 5.82 Å². The lowest BCUT2D eigenvalue weighted by Gasteiger charge is -2.12. The largest absolute Gasteiger partial charge is 0.382 e. The summed E-state index contributed by atoms with van der Waals surface area (Å²) in [5.74, 6) is 1.10. The Morgan fingerprint density at radius 1 is 1.30 bits per heavy atom.